The quantitative estimate of drug-likeness (QED) is 0.410. The third-order valence-electron chi connectivity index (χ3n) is 2.56. The topological polar surface area (TPSA) is 22.8 Å². The minimum atomic E-state index is -0.887. The summed E-state index contributed by atoms with van der Waals surface area (Å²) < 4.78 is 11.0. The van der Waals surface area contributed by atoms with Gasteiger partial charge in [-0.3, -0.25) is 0 Å². The number of hydrogen-bond donors (Lipinski definition) is 0. The number of nitrogens with zero attached hydrogens (tertiary/aromatic N) is 1. The molecule has 0 bridgehead atoms. The van der Waals surface area contributed by atoms with Crippen LogP contribution >= 0.6 is 18.7 Å². The van der Waals surface area contributed by atoms with Crippen molar-refractivity contribution in [3.05, 3.63) is 11.4 Å². The van der Waals surface area contributed by atoms with Crippen LogP contribution in [0, 0.1) is 12.5 Å². The van der Waals surface area contributed by atoms with Crippen molar-refractivity contribution < 1.29 is 9.26 Å². The van der Waals surface area contributed by atoms with Gasteiger partial charge in [0.15, 0.2) is 0 Å². The average Bonchev–Trinajstić information content (AvgIpc) is 2.65. The van der Waals surface area contributed by atoms with E-state index >= 15 is 0 Å². The zero-order valence-electron chi connectivity index (χ0n) is 8.99. The molecule has 5 heteroatoms. The molecule has 0 spiro atoms. The molecule has 0 radical (unpaired) electrons. The maximum atomic E-state index is 6.62. The Morgan fingerprint density at radius 3 is 3.13 bits per heavy atom. The van der Waals surface area contributed by atoms with Crippen LogP contribution in [0.4, 0.5) is 0 Å². The van der Waals surface area contributed by atoms with Gasteiger partial charge in [-0.1, -0.05) is 18.2 Å². The van der Waals surface area contributed by atoms with Crippen LogP contribution in [0.5, 0.6) is 0 Å². The maximum absolute atomic E-state index is 6.62. The van der Waals surface area contributed by atoms with Crippen molar-refractivity contribution in [1.29, 1.82) is 0 Å². The lowest BCUT2D eigenvalue weighted by Crippen LogP contribution is -2.17. The van der Waals surface area contributed by atoms with E-state index in [1.54, 1.807) is 0 Å². The minimum Gasteiger partial charge on any atom is -0.378 e. The third-order valence-corrected chi connectivity index (χ3v) is 4.49. The predicted octanol–water partition coefficient (Wildman–Crippen LogP) is 3.29. The first-order valence-corrected chi connectivity index (χ1v) is 7.64. The van der Waals surface area contributed by atoms with Crippen LogP contribution in [0.2, 0.25) is 0 Å². The van der Waals surface area contributed by atoms with Crippen molar-refractivity contribution in [3.63, 3.8) is 0 Å². The molecule has 1 rings (SSSR count). The Hall–Kier alpha value is 0.130. The molecule has 0 aromatic heterocycles. The number of rotatable bonds is 6. The number of halogens is 1. The standard InChI is InChI=1S/C10H17ClNO2P/c1-3-10-9(4-6-13-10)8-15(11)14-7-5-12-2/h9-10H,3-8H2,1H3. The summed E-state index contributed by atoms with van der Waals surface area (Å²) in [5.74, 6) is 0.548. The second-order valence-electron chi connectivity index (χ2n) is 3.58. The van der Waals surface area contributed by atoms with Crippen LogP contribution in [0.15, 0.2) is 0 Å². The lowest BCUT2D eigenvalue weighted by atomic mass is 10.0. The van der Waals surface area contributed by atoms with Gasteiger partial charge in [-0.05, 0) is 18.8 Å². The maximum Gasteiger partial charge on any atom is 0.238 e. The van der Waals surface area contributed by atoms with Crippen LogP contribution < -0.4 is 0 Å². The Balaban J connectivity index is 2.19. The normalized spacial score (nSPS) is 27.5. The highest BCUT2D eigenvalue weighted by Gasteiger charge is 2.29. The monoisotopic (exact) mass is 249 g/mol. The van der Waals surface area contributed by atoms with Gasteiger partial charge >= 0.3 is 0 Å². The molecule has 0 amide bonds. The summed E-state index contributed by atoms with van der Waals surface area (Å²) in [6.07, 6.45) is 3.40. The third kappa shape index (κ3) is 4.66. The molecule has 1 fully saturated rings. The van der Waals surface area contributed by atoms with Crippen LogP contribution in [0.1, 0.15) is 19.8 Å². The Labute approximate surface area is 97.5 Å². The first-order chi connectivity index (χ1) is 7.27. The highest BCUT2D eigenvalue weighted by atomic mass is 35.7. The Morgan fingerprint density at radius 2 is 2.47 bits per heavy atom. The molecule has 3 nitrogen and oxygen atoms in total. The molecule has 3 unspecified atom stereocenters. The Bertz CT molecular complexity index is 222. The van der Waals surface area contributed by atoms with Crippen molar-refractivity contribution in [1.82, 2.24) is 0 Å². The summed E-state index contributed by atoms with van der Waals surface area (Å²) in [5.41, 5.74) is 0. The largest absolute Gasteiger partial charge is 0.378 e. The van der Waals surface area contributed by atoms with E-state index in [1.807, 2.05) is 0 Å². The summed E-state index contributed by atoms with van der Waals surface area (Å²) >= 11 is 6.10. The average molecular weight is 250 g/mol. The second-order valence-corrected chi connectivity index (χ2v) is 5.97. The van der Waals surface area contributed by atoms with Gasteiger partial charge in [0.25, 0.3) is 0 Å². The molecule has 1 aliphatic rings. The predicted molar refractivity (Wildman–Crippen MR) is 63.2 cm³/mol. The molecule has 15 heavy (non-hydrogen) atoms. The van der Waals surface area contributed by atoms with Crippen molar-refractivity contribution in [2.24, 2.45) is 5.92 Å². The van der Waals surface area contributed by atoms with Gasteiger partial charge in [0.1, 0.15) is 14.1 Å². The SMILES string of the molecule is [C-]#[N+]CCOP(Cl)CC1CCOC1CC. The molecule has 0 aromatic carbocycles. The van der Waals surface area contributed by atoms with Gasteiger partial charge < -0.3 is 14.1 Å². The van der Waals surface area contributed by atoms with Crippen LogP contribution in [0.3, 0.4) is 0 Å². The fraction of sp³-hybridized carbons (Fsp3) is 0.900. The van der Waals surface area contributed by atoms with Gasteiger partial charge in [0, 0.05) is 12.8 Å². The van der Waals surface area contributed by atoms with E-state index in [1.165, 1.54) is 0 Å². The van der Waals surface area contributed by atoms with E-state index < -0.39 is 7.50 Å². The zero-order chi connectivity index (χ0) is 11.1. The molecule has 0 saturated carbocycles. The van der Waals surface area contributed by atoms with Gasteiger partial charge in [-0.2, -0.15) is 0 Å². The molecular formula is C10H17ClNO2P. The smallest absolute Gasteiger partial charge is 0.238 e. The lowest BCUT2D eigenvalue weighted by molar-refractivity contribution is 0.0915. The van der Waals surface area contributed by atoms with Crippen molar-refractivity contribution in [2.75, 3.05) is 25.9 Å². The molecule has 1 aliphatic heterocycles. The minimum absolute atomic E-state index is 0.359. The highest BCUT2D eigenvalue weighted by molar-refractivity contribution is 7.80. The lowest BCUT2D eigenvalue weighted by Gasteiger charge is -2.18. The molecule has 1 saturated heterocycles. The second kappa shape index (κ2) is 7.41. The van der Waals surface area contributed by atoms with E-state index in [0.29, 0.717) is 25.2 Å². The molecule has 3 atom stereocenters. The van der Waals surface area contributed by atoms with Gasteiger partial charge in [-0.15, -0.1) is 0 Å². The van der Waals surface area contributed by atoms with Crippen LogP contribution in [0.25, 0.3) is 4.85 Å². The van der Waals surface area contributed by atoms with E-state index in [4.69, 9.17) is 27.1 Å². The molecule has 0 aromatic rings. The number of hydrogen-bond acceptors (Lipinski definition) is 2. The Kier molecular flexibility index (Phi) is 6.52. The molecular weight excluding hydrogens is 233 g/mol. The summed E-state index contributed by atoms with van der Waals surface area (Å²) in [6.45, 7) is 10.5. The first-order valence-electron chi connectivity index (χ1n) is 5.29. The molecule has 0 N–H and O–H groups in total. The fourth-order valence-corrected chi connectivity index (χ4v) is 3.69. The Morgan fingerprint density at radius 1 is 1.67 bits per heavy atom. The van der Waals surface area contributed by atoms with Gasteiger partial charge in [0.05, 0.1) is 6.10 Å². The summed E-state index contributed by atoms with van der Waals surface area (Å²) in [7, 11) is -0.887. The van der Waals surface area contributed by atoms with E-state index in [2.05, 4.69) is 11.8 Å². The van der Waals surface area contributed by atoms with Crippen molar-refractivity contribution in [2.45, 2.75) is 25.9 Å². The van der Waals surface area contributed by atoms with Gasteiger partial charge in [-0.25, -0.2) is 6.57 Å². The summed E-state index contributed by atoms with van der Waals surface area (Å²) in [4.78, 5) is 3.22. The molecule has 86 valence electrons. The van der Waals surface area contributed by atoms with E-state index in [-0.39, 0.29) is 0 Å². The molecule has 1 heterocycles. The van der Waals surface area contributed by atoms with E-state index in [0.717, 1.165) is 25.6 Å². The molecule has 0 aliphatic carbocycles. The summed E-state index contributed by atoms with van der Waals surface area (Å²) in [6, 6.07) is 0. The number of ether oxygens (including phenoxy) is 1. The van der Waals surface area contributed by atoms with Gasteiger partial charge in [0.2, 0.25) is 6.54 Å². The zero-order valence-corrected chi connectivity index (χ0v) is 10.6. The summed E-state index contributed by atoms with van der Waals surface area (Å²) in [5, 5.41) is 0. The fourth-order valence-electron chi connectivity index (χ4n) is 1.78. The van der Waals surface area contributed by atoms with Crippen LogP contribution in [-0.2, 0) is 9.26 Å². The van der Waals surface area contributed by atoms with Crippen LogP contribution in [-0.4, -0.2) is 32.0 Å². The van der Waals surface area contributed by atoms with Crippen molar-refractivity contribution >= 4 is 18.7 Å². The van der Waals surface area contributed by atoms with E-state index in [9.17, 15) is 0 Å². The highest BCUT2D eigenvalue weighted by Crippen LogP contribution is 2.46. The first kappa shape index (κ1) is 13.2. The van der Waals surface area contributed by atoms with Crippen molar-refractivity contribution in [3.8, 4) is 0 Å².